The molecule has 1 aromatic carbocycles. The van der Waals surface area contributed by atoms with Crippen LogP contribution in [0.5, 0.6) is 0 Å². The zero-order valence-electron chi connectivity index (χ0n) is 19.9. The van der Waals surface area contributed by atoms with Crippen LogP contribution in [0.1, 0.15) is 63.4 Å². The number of nitrogens with zero attached hydrogens (tertiary/aromatic N) is 1. The van der Waals surface area contributed by atoms with Crippen molar-refractivity contribution in [2.24, 2.45) is 5.92 Å². The summed E-state index contributed by atoms with van der Waals surface area (Å²) in [6.07, 6.45) is 4.01. The molecule has 1 heterocycles. The number of rotatable bonds is 14. The van der Waals surface area contributed by atoms with Crippen LogP contribution < -0.4 is 10.6 Å². The van der Waals surface area contributed by atoms with E-state index in [4.69, 9.17) is 9.25 Å². The SMILES string of the molecule is CCCCCC(C(=O)NCNC(=O)c1ccc(-c2ccccc2)o1)[C@@H](CC)N(C=O)OC(C)=O. The van der Waals surface area contributed by atoms with Gasteiger partial charge in [0.2, 0.25) is 12.3 Å². The van der Waals surface area contributed by atoms with Crippen molar-refractivity contribution in [3.63, 3.8) is 0 Å². The second-order valence-electron chi connectivity index (χ2n) is 7.88. The lowest BCUT2D eigenvalue weighted by molar-refractivity contribution is -0.202. The van der Waals surface area contributed by atoms with Crippen LogP contribution >= 0.6 is 0 Å². The lowest BCUT2D eigenvalue weighted by Crippen LogP contribution is -2.48. The van der Waals surface area contributed by atoms with Crippen molar-refractivity contribution in [1.29, 1.82) is 0 Å². The third-order valence-electron chi connectivity index (χ3n) is 5.40. The molecule has 0 saturated heterocycles. The Bertz CT molecular complexity index is 943. The van der Waals surface area contributed by atoms with Gasteiger partial charge in [0.05, 0.1) is 18.6 Å². The molecule has 34 heavy (non-hydrogen) atoms. The normalized spacial score (nSPS) is 12.3. The number of furan rings is 1. The van der Waals surface area contributed by atoms with Crippen molar-refractivity contribution in [1.82, 2.24) is 15.7 Å². The van der Waals surface area contributed by atoms with E-state index in [2.05, 4.69) is 17.6 Å². The van der Waals surface area contributed by atoms with Crippen molar-refractivity contribution >= 4 is 24.2 Å². The molecule has 2 atom stereocenters. The van der Waals surface area contributed by atoms with Gasteiger partial charge in [0.25, 0.3) is 5.91 Å². The number of hydroxylamine groups is 2. The Hall–Kier alpha value is -3.62. The highest BCUT2D eigenvalue weighted by atomic mass is 16.7. The molecular weight excluding hydrogens is 438 g/mol. The number of hydrogen-bond donors (Lipinski definition) is 2. The van der Waals surface area contributed by atoms with Crippen molar-refractivity contribution in [3.8, 4) is 11.3 Å². The number of benzene rings is 1. The molecule has 0 aliphatic rings. The van der Waals surface area contributed by atoms with E-state index in [9.17, 15) is 19.2 Å². The van der Waals surface area contributed by atoms with Crippen LogP contribution in [0.15, 0.2) is 46.9 Å². The van der Waals surface area contributed by atoms with Gasteiger partial charge in [-0.05, 0) is 25.0 Å². The Labute approximate surface area is 199 Å². The summed E-state index contributed by atoms with van der Waals surface area (Å²) in [6.45, 7) is 4.95. The number of carbonyl (C=O) groups excluding carboxylic acids is 4. The van der Waals surface area contributed by atoms with E-state index in [1.165, 1.54) is 6.92 Å². The number of nitrogens with one attached hydrogen (secondary N) is 2. The standard InChI is InChI=1S/C25H33N3O6/c1-4-6-8-13-20(21(5-2)28(17-29)34-18(3)30)24(31)26-16-27-25(32)23-15-14-22(33-23)19-11-9-7-10-12-19/h7,9-12,14-15,17,20-21H,4-6,8,13,16H2,1-3H3,(H,26,31)(H,27,32)/t20?,21-/m1/s1. The molecule has 0 aliphatic carbocycles. The van der Waals surface area contributed by atoms with Crippen molar-refractivity contribution in [2.45, 2.75) is 58.9 Å². The predicted molar refractivity (Wildman–Crippen MR) is 126 cm³/mol. The molecule has 0 bridgehead atoms. The molecule has 3 amide bonds. The van der Waals surface area contributed by atoms with Crippen LogP contribution in [0.4, 0.5) is 0 Å². The van der Waals surface area contributed by atoms with Crippen molar-refractivity contribution in [2.75, 3.05) is 6.67 Å². The minimum atomic E-state index is -0.640. The van der Waals surface area contributed by atoms with Crippen LogP contribution in [-0.4, -0.2) is 42.0 Å². The van der Waals surface area contributed by atoms with E-state index in [1.807, 2.05) is 37.3 Å². The van der Waals surface area contributed by atoms with Gasteiger partial charge >= 0.3 is 5.97 Å². The highest BCUT2D eigenvalue weighted by Gasteiger charge is 2.33. The van der Waals surface area contributed by atoms with Crippen LogP contribution in [0.3, 0.4) is 0 Å². The van der Waals surface area contributed by atoms with E-state index in [0.717, 1.165) is 29.9 Å². The first-order valence-corrected chi connectivity index (χ1v) is 11.5. The molecule has 9 nitrogen and oxygen atoms in total. The summed E-state index contributed by atoms with van der Waals surface area (Å²) in [4.78, 5) is 53.3. The van der Waals surface area contributed by atoms with Crippen LogP contribution in [0.2, 0.25) is 0 Å². The molecule has 2 N–H and O–H groups in total. The summed E-state index contributed by atoms with van der Waals surface area (Å²) >= 11 is 0. The fraction of sp³-hybridized carbons (Fsp3) is 0.440. The third-order valence-corrected chi connectivity index (χ3v) is 5.40. The fourth-order valence-electron chi connectivity index (χ4n) is 3.72. The summed E-state index contributed by atoms with van der Waals surface area (Å²) in [6, 6.07) is 12.1. The maximum atomic E-state index is 13.0. The number of amides is 3. The van der Waals surface area contributed by atoms with E-state index in [1.54, 1.807) is 12.1 Å². The van der Waals surface area contributed by atoms with Gasteiger partial charge in [-0.15, -0.1) is 0 Å². The first-order valence-electron chi connectivity index (χ1n) is 11.5. The fourth-order valence-corrected chi connectivity index (χ4v) is 3.72. The topological polar surface area (TPSA) is 118 Å². The quantitative estimate of drug-likeness (QED) is 0.188. The summed E-state index contributed by atoms with van der Waals surface area (Å²) < 4.78 is 5.62. The van der Waals surface area contributed by atoms with Gasteiger partial charge in [-0.25, -0.2) is 0 Å². The van der Waals surface area contributed by atoms with Crippen molar-refractivity contribution < 1.29 is 28.4 Å². The molecular formula is C25H33N3O6. The molecule has 2 aromatic rings. The molecule has 0 radical (unpaired) electrons. The molecule has 0 spiro atoms. The molecule has 184 valence electrons. The second kappa shape index (κ2) is 13.8. The average Bonchev–Trinajstić information content (AvgIpc) is 3.33. The average molecular weight is 472 g/mol. The van der Waals surface area contributed by atoms with Gasteiger partial charge < -0.3 is 19.9 Å². The Balaban J connectivity index is 1.99. The van der Waals surface area contributed by atoms with Gasteiger partial charge in [0, 0.05) is 12.5 Å². The summed E-state index contributed by atoms with van der Waals surface area (Å²) in [5.41, 5.74) is 0.850. The van der Waals surface area contributed by atoms with E-state index < -0.39 is 23.8 Å². The highest BCUT2D eigenvalue weighted by Crippen LogP contribution is 2.23. The van der Waals surface area contributed by atoms with Crippen molar-refractivity contribution in [3.05, 3.63) is 48.2 Å². The molecule has 0 saturated carbocycles. The number of hydrogen-bond acceptors (Lipinski definition) is 6. The maximum absolute atomic E-state index is 13.0. The number of carbonyl (C=O) groups is 4. The minimum absolute atomic E-state index is 0.117. The zero-order valence-corrected chi connectivity index (χ0v) is 19.9. The molecule has 1 unspecified atom stereocenters. The van der Waals surface area contributed by atoms with Gasteiger partial charge in [-0.2, -0.15) is 5.06 Å². The lowest BCUT2D eigenvalue weighted by atomic mass is 9.90. The first kappa shape index (κ1) is 26.6. The molecule has 1 aromatic heterocycles. The zero-order chi connectivity index (χ0) is 24.9. The maximum Gasteiger partial charge on any atom is 0.329 e. The summed E-state index contributed by atoms with van der Waals surface area (Å²) in [5.74, 6) is -1.36. The summed E-state index contributed by atoms with van der Waals surface area (Å²) in [5, 5.41) is 6.22. The van der Waals surface area contributed by atoms with Gasteiger partial charge in [0.15, 0.2) is 5.76 Å². The van der Waals surface area contributed by atoms with E-state index >= 15 is 0 Å². The monoisotopic (exact) mass is 471 g/mol. The molecule has 0 aliphatic heterocycles. The molecule has 2 rings (SSSR count). The Morgan fingerprint density at radius 2 is 1.79 bits per heavy atom. The second-order valence-corrected chi connectivity index (χ2v) is 7.88. The first-order chi connectivity index (χ1) is 16.4. The number of unbranched alkanes of at least 4 members (excludes halogenated alkanes) is 2. The Morgan fingerprint density at radius 1 is 1.06 bits per heavy atom. The van der Waals surface area contributed by atoms with Crippen LogP contribution in [-0.2, 0) is 19.2 Å². The minimum Gasteiger partial charge on any atom is -0.451 e. The molecule has 0 fully saturated rings. The third kappa shape index (κ3) is 7.75. The van der Waals surface area contributed by atoms with Crippen LogP contribution in [0, 0.1) is 5.92 Å². The van der Waals surface area contributed by atoms with E-state index in [-0.39, 0.29) is 18.3 Å². The Morgan fingerprint density at radius 3 is 2.41 bits per heavy atom. The smallest absolute Gasteiger partial charge is 0.329 e. The highest BCUT2D eigenvalue weighted by molar-refractivity contribution is 5.92. The Kier molecular flexibility index (Phi) is 10.8. The molecule has 9 heteroatoms. The lowest BCUT2D eigenvalue weighted by Gasteiger charge is -2.31. The van der Waals surface area contributed by atoms with Gasteiger partial charge in [-0.3, -0.25) is 19.2 Å². The van der Waals surface area contributed by atoms with Crippen LogP contribution in [0.25, 0.3) is 11.3 Å². The van der Waals surface area contributed by atoms with Gasteiger partial charge in [0.1, 0.15) is 5.76 Å². The summed E-state index contributed by atoms with van der Waals surface area (Å²) in [7, 11) is 0. The largest absolute Gasteiger partial charge is 0.451 e. The predicted octanol–water partition coefficient (Wildman–Crippen LogP) is 3.66. The van der Waals surface area contributed by atoms with E-state index in [0.29, 0.717) is 25.0 Å². The van der Waals surface area contributed by atoms with Gasteiger partial charge in [-0.1, -0.05) is 63.4 Å².